The molecule has 0 saturated carbocycles. The smallest absolute Gasteiger partial charge is 0.253 e. The third-order valence-electron chi connectivity index (χ3n) is 5.74. The zero-order chi connectivity index (χ0) is 19.3. The predicted octanol–water partition coefficient (Wildman–Crippen LogP) is 3.85. The molecule has 0 radical (unpaired) electrons. The Morgan fingerprint density at radius 3 is 2.44 bits per heavy atom. The van der Waals surface area contributed by atoms with E-state index in [-0.39, 0.29) is 11.3 Å². The van der Waals surface area contributed by atoms with Gasteiger partial charge in [0.15, 0.2) is 0 Å². The van der Waals surface area contributed by atoms with Gasteiger partial charge in [-0.15, -0.1) is 0 Å². The molecule has 1 aliphatic rings. The van der Waals surface area contributed by atoms with Crippen LogP contribution in [-0.2, 0) is 5.41 Å². The molecular weight excluding hydrogens is 336 g/mol. The third kappa shape index (κ3) is 3.86. The lowest BCUT2D eigenvalue weighted by atomic mass is 9.69. The topological polar surface area (TPSA) is 41.6 Å². The highest BCUT2D eigenvalue weighted by Gasteiger charge is 2.36. The lowest BCUT2D eigenvalue weighted by Crippen LogP contribution is -2.44. The van der Waals surface area contributed by atoms with Crippen molar-refractivity contribution in [1.29, 1.82) is 0 Å². The molecule has 144 valence electrons. The van der Waals surface area contributed by atoms with Crippen LogP contribution in [0.4, 0.5) is 0 Å². The number of rotatable bonds is 6. The average Bonchev–Trinajstić information content (AvgIpc) is 2.75. The van der Waals surface area contributed by atoms with Crippen LogP contribution in [0.2, 0.25) is 0 Å². The molecule has 4 nitrogen and oxygen atoms in total. The Kier molecular flexibility index (Phi) is 6.17. The first-order chi connectivity index (χ1) is 13.1. The monoisotopic (exact) mass is 366 g/mol. The highest BCUT2D eigenvalue weighted by Crippen LogP contribution is 2.39. The highest BCUT2D eigenvalue weighted by molar-refractivity contribution is 5.94. The van der Waals surface area contributed by atoms with Crippen LogP contribution in [0, 0.1) is 0 Å². The number of hydrogen-bond acceptors (Lipinski definition) is 3. The number of methoxy groups -OCH3 is 1. The Bertz CT molecular complexity index is 760. The number of amides is 1. The van der Waals surface area contributed by atoms with Crippen LogP contribution >= 0.6 is 0 Å². The summed E-state index contributed by atoms with van der Waals surface area (Å²) in [7, 11) is 1.71. The van der Waals surface area contributed by atoms with Gasteiger partial charge in [0, 0.05) is 30.6 Å². The molecule has 0 bridgehead atoms. The van der Waals surface area contributed by atoms with E-state index in [0.29, 0.717) is 0 Å². The van der Waals surface area contributed by atoms with Gasteiger partial charge < -0.3 is 15.0 Å². The first-order valence-corrected chi connectivity index (χ1v) is 9.89. The van der Waals surface area contributed by atoms with Crippen molar-refractivity contribution in [3.8, 4) is 5.75 Å². The maximum atomic E-state index is 12.6. The zero-order valence-corrected chi connectivity index (χ0v) is 16.6. The first-order valence-electron chi connectivity index (χ1n) is 9.89. The SMILES string of the molecule is CCN(CC)C(=O)c1ccc(C2(c3cccc(OC)c3)CCCNC2)cc1. The lowest BCUT2D eigenvalue weighted by molar-refractivity contribution is 0.0773. The normalized spacial score (nSPS) is 19.5. The second kappa shape index (κ2) is 8.57. The summed E-state index contributed by atoms with van der Waals surface area (Å²) < 4.78 is 5.46. The Morgan fingerprint density at radius 1 is 1.11 bits per heavy atom. The van der Waals surface area contributed by atoms with E-state index < -0.39 is 0 Å². The minimum Gasteiger partial charge on any atom is -0.497 e. The van der Waals surface area contributed by atoms with Gasteiger partial charge in [0.25, 0.3) is 5.91 Å². The van der Waals surface area contributed by atoms with Crippen molar-refractivity contribution >= 4 is 5.91 Å². The van der Waals surface area contributed by atoms with Crippen LogP contribution in [0.1, 0.15) is 48.2 Å². The van der Waals surface area contributed by atoms with E-state index in [2.05, 4.69) is 35.6 Å². The summed E-state index contributed by atoms with van der Waals surface area (Å²) in [6.45, 7) is 7.43. The molecule has 2 aromatic rings. The molecule has 1 amide bonds. The van der Waals surface area contributed by atoms with Crippen molar-refractivity contribution < 1.29 is 9.53 Å². The van der Waals surface area contributed by atoms with Crippen LogP contribution in [0.15, 0.2) is 48.5 Å². The van der Waals surface area contributed by atoms with Crippen molar-refractivity contribution in [1.82, 2.24) is 10.2 Å². The van der Waals surface area contributed by atoms with Crippen molar-refractivity contribution in [3.63, 3.8) is 0 Å². The summed E-state index contributed by atoms with van der Waals surface area (Å²) >= 11 is 0. The van der Waals surface area contributed by atoms with E-state index in [9.17, 15) is 4.79 Å². The van der Waals surface area contributed by atoms with Gasteiger partial charge in [0.2, 0.25) is 0 Å². The lowest BCUT2D eigenvalue weighted by Gasteiger charge is -2.39. The second-order valence-corrected chi connectivity index (χ2v) is 7.15. The summed E-state index contributed by atoms with van der Waals surface area (Å²) in [6, 6.07) is 16.6. The molecule has 1 aliphatic heterocycles. The summed E-state index contributed by atoms with van der Waals surface area (Å²) in [6.07, 6.45) is 2.20. The highest BCUT2D eigenvalue weighted by atomic mass is 16.5. The van der Waals surface area contributed by atoms with Gasteiger partial charge >= 0.3 is 0 Å². The summed E-state index contributed by atoms with van der Waals surface area (Å²) in [5.41, 5.74) is 3.17. The Labute approximate surface area is 162 Å². The Morgan fingerprint density at radius 2 is 1.85 bits per heavy atom. The average molecular weight is 367 g/mol. The number of ether oxygens (including phenoxy) is 1. The van der Waals surface area contributed by atoms with Crippen LogP contribution in [0.25, 0.3) is 0 Å². The molecule has 0 aromatic heterocycles. The predicted molar refractivity (Wildman–Crippen MR) is 110 cm³/mol. The van der Waals surface area contributed by atoms with Gasteiger partial charge in [0.05, 0.1) is 7.11 Å². The molecule has 3 rings (SSSR count). The molecule has 0 spiro atoms. The van der Waals surface area contributed by atoms with Gasteiger partial charge in [-0.25, -0.2) is 0 Å². The van der Waals surface area contributed by atoms with Crippen molar-refractivity contribution in [2.24, 2.45) is 0 Å². The molecule has 2 aromatic carbocycles. The molecule has 0 aliphatic carbocycles. The molecule has 27 heavy (non-hydrogen) atoms. The van der Waals surface area contributed by atoms with Gasteiger partial charge in [-0.05, 0) is 68.6 Å². The Balaban J connectivity index is 1.97. The summed E-state index contributed by atoms with van der Waals surface area (Å²) in [5, 5.41) is 3.57. The van der Waals surface area contributed by atoms with Crippen molar-refractivity contribution in [3.05, 3.63) is 65.2 Å². The van der Waals surface area contributed by atoms with Gasteiger partial charge in [0.1, 0.15) is 5.75 Å². The maximum Gasteiger partial charge on any atom is 0.253 e. The van der Waals surface area contributed by atoms with Crippen LogP contribution in [0.3, 0.4) is 0 Å². The van der Waals surface area contributed by atoms with Crippen LogP contribution < -0.4 is 10.1 Å². The maximum absolute atomic E-state index is 12.6. The number of benzene rings is 2. The first kappa shape index (κ1) is 19.4. The standard InChI is InChI=1S/C23H30N2O2/c1-4-25(5-2)22(26)18-10-12-19(13-11-18)23(14-7-15-24-17-23)20-8-6-9-21(16-20)27-3/h6,8-13,16,24H,4-5,7,14-15,17H2,1-3H3. The third-order valence-corrected chi connectivity index (χ3v) is 5.74. The molecule has 1 saturated heterocycles. The van der Waals surface area contributed by atoms with Gasteiger partial charge in [-0.3, -0.25) is 4.79 Å². The minimum absolute atomic E-state index is 0.0937. The summed E-state index contributed by atoms with van der Waals surface area (Å²) in [4.78, 5) is 14.5. The fourth-order valence-corrected chi connectivity index (χ4v) is 4.11. The number of hydrogen-bond donors (Lipinski definition) is 1. The molecule has 4 heteroatoms. The zero-order valence-electron chi connectivity index (χ0n) is 16.6. The Hall–Kier alpha value is -2.33. The number of nitrogens with one attached hydrogen (secondary N) is 1. The molecule has 1 fully saturated rings. The van der Waals surface area contributed by atoms with Crippen LogP contribution in [-0.4, -0.2) is 44.1 Å². The molecule has 1 unspecified atom stereocenters. The molecular formula is C23H30N2O2. The fourth-order valence-electron chi connectivity index (χ4n) is 4.11. The number of nitrogens with zero attached hydrogens (tertiary/aromatic N) is 1. The quantitative estimate of drug-likeness (QED) is 0.844. The van der Waals surface area contributed by atoms with Crippen LogP contribution in [0.5, 0.6) is 5.75 Å². The summed E-state index contributed by atoms with van der Waals surface area (Å²) in [5.74, 6) is 0.981. The second-order valence-electron chi connectivity index (χ2n) is 7.15. The largest absolute Gasteiger partial charge is 0.497 e. The van der Waals surface area contributed by atoms with Crippen molar-refractivity contribution in [2.75, 3.05) is 33.3 Å². The fraction of sp³-hybridized carbons (Fsp3) is 0.435. The van der Waals surface area contributed by atoms with E-state index >= 15 is 0 Å². The van der Waals surface area contributed by atoms with E-state index in [0.717, 1.165) is 50.3 Å². The van der Waals surface area contributed by atoms with E-state index in [1.54, 1.807) is 7.11 Å². The van der Waals surface area contributed by atoms with Gasteiger partial charge in [-0.1, -0.05) is 24.3 Å². The number of piperidine rings is 1. The van der Waals surface area contributed by atoms with E-state index in [4.69, 9.17) is 4.74 Å². The minimum atomic E-state index is -0.0937. The molecule has 1 heterocycles. The van der Waals surface area contributed by atoms with E-state index in [1.807, 2.05) is 36.9 Å². The van der Waals surface area contributed by atoms with E-state index in [1.165, 1.54) is 11.1 Å². The molecule has 1 N–H and O–H groups in total. The van der Waals surface area contributed by atoms with Crippen molar-refractivity contribution in [2.45, 2.75) is 32.1 Å². The number of carbonyl (C=O) groups excluding carboxylic acids is 1. The molecule has 1 atom stereocenters. The number of carbonyl (C=O) groups is 1. The van der Waals surface area contributed by atoms with Gasteiger partial charge in [-0.2, -0.15) is 0 Å².